The molecule has 2 unspecified atom stereocenters. The molecule has 0 saturated heterocycles. The van der Waals surface area contributed by atoms with Crippen LogP contribution in [-0.4, -0.2) is 30.6 Å². The summed E-state index contributed by atoms with van der Waals surface area (Å²) in [6.45, 7) is 11.0. The minimum Gasteiger partial charge on any atom is -0.313 e. The summed E-state index contributed by atoms with van der Waals surface area (Å²) < 4.78 is 0. The standard InChI is InChI=1S/C16H28N2/c1-6-14(3)17-11-15(4)18(5)12-16-10-8-7-9-13(16)2/h7-10,14-15,17H,6,11-12H2,1-5H3. The van der Waals surface area contributed by atoms with Gasteiger partial charge in [0.2, 0.25) is 0 Å². The molecule has 0 amide bonds. The summed E-state index contributed by atoms with van der Waals surface area (Å²) in [7, 11) is 2.20. The molecule has 0 aliphatic rings. The van der Waals surface area contributed by atoms with Gasteiger partial charge in [-0.15, -0.1) is 0 Å². The maximum Gasteiger partial charge on any atom is 0.0236 e. The Morgan fingerprint density at radius 3 is 2.50 bits per heavy atom. The summed E-state index contributed by atoms with van der Waals surface area (Å²) in [6.07, 6.45) is 1.19. The van der Waals surface area contributed by atoms with E-state index in [9.17, 15) is 0 Å². The Labute approximate surface area is 112 Å². The monoisotopic (exact) mass is 248 g/mol. The van der Waals surface area contributed by atoms with E-state index in [1.54, 1.807) is 0 Å². The number of hydrogen-bond donors (Lipinski definition) is 1. The van der Waals surface area contributed by atoms with Crippen LogP contribution in [-0.2, 0) is 6.54 Å². The summed E-state index contributed by atoms with van der Waals surface area (Å²) in [4.78, 5) is 2.41. The second kappa shape index (κ2) is 7.55. The van der Waals surface area contributed by atoms with E-state index in [-0.39, 0.29) is 0 Å². The van der Waals surface area contributed by atoms with E-state index < -0.39 is 0 Å². The fourth-order valence-electron chi connectivity index (χ4n) is 1.88. The van der Waals surface area contributed by atoms with Crippen molar-refractivity contribution in [2.24, 2.45) is 0 Å². The quantitative estimate of drug-likeness (QED) is 0.797. The minimum absolute atomic E-state index is 0.554. The molecule has 0 heterocycles. The molecular weight excluding hydrogens is 220 g/mol. The maximum atomic E-state index is 3.57. The van der Waals surface area contributed by atoms with Crippen LogP contribution in [0.2, 0.25) is 0 Å². The Hall–Kier alpha value is -0.860. The van der Waals surface area contributed by atoms with Crippen molar-refractivity contribution in [2.75, 3.05) is 13.6 Å². The molecule has 102 valence electrons. The first-order valence-electron chi connectivity index (χ1n) is 7.02. The Morgan fingerprint density at radius 2 is 1.89 bits per heavy atom. The molecule has 0 fully saturated rings. The summed E-state index contributed by atoms with van der Waals surface area (Å²) in [5.74, 6) is 0. The van der Waals surface area contributed by atoms with E-state index in [1.165, 1.54) is 17.5 Å². The topological polar surface area (TPSA) is 15.3 Å². The van der Waals surface area contributed by atoms with Crippen molar-refractivity contribution in [3.8, 4) is 0 Å². The summed E-state index contributed by atoms with van der Waals surface area (Å²) >= 11 is 0. The highest BCUT2D eigenvalue weighted by molar-refractivity contribution is 5.25. The number of hydrogen-bond acceptors (Lipinski definition) is 2. The fourth-order valence-corrected chi connectivity index (χ4v) is 1.88. The van der Waals surface area contributed by atoms with Gasteiger partial charge in [-0.3, -0.25) is 4.90 Å². The average Bonchev–Trinajstić information content (AvgIpc) is 2.38. The number of benzene rings is 1. The largest absolute Gasteiger partial charge is 0.313 e. The first kappa shape index (κ1) is 15.2. The zero-order chi connectivity index (χ0) is 13.5. The van der Waals surface area contributed by atoms with Crippen molar-refractivity contribution in [2.45, 2.75) is 52.7 Å². The predicted octanol–water partition coefficient (Wildman–Crippen LogP) is 3.20. The molecule has 0 spiro atoms. The molecule has 0 aliphatic carbocycles. The maximum absolute atomic E-state index is 3.57. The molecule has 0 radical (unpaired) electrons. The molecule has 2 nitrogen and oxygen atoms in total. The third-order valence-corrected chi connectivity index (χ3v) is 3.81. The van der Waals surface area contributed by atoms with Gasteiger partial charge in [0.1, 0.15) is 0 Å². The molecule has 1 aromatic rings. The van der Waals surface area contributed by atoms with Gasteiger partial charge in [-0.1, -0.05) is 31.2 Å². The zero-order valence-corrected chi connectivity index (χ0v) is 12.5. The molecule has 0 aliphatic heterocycles. The molecule has 0 aromatic heterocycles. The molecule has 2 heteroatoms. The van der Waals surface area contributed by atoms with E-state index in [0.717, 1.165) is 13.1 Å². The van der Waals surface area contributed by atoms with Gasteiger partial charge >= 0.3 is 0 Å². The van der Waals surface area contributed by atoms with Crippen LogP contribution in [0, 0.1) is 6.92 Å². The molecule has 1 rings (SSSR count). The Morgan fingerprint density at radius 1 is 1.22 bits per heavy atom. The van der Waals surface area contributed by atoms with Crippen LogP contribution in [0.25, 0.3) is 0 Å². The number of aryl methyl sites for hydroxylation is 1. The van der Waals surface area contributed by atoms with E-state index in [1.807, 2.05) is 0 Å². The second-order valence-corrected chi connectivity index (χ2v) is 5.41. The SMILES string of the molecule is CCC(C)NCC(C)N(C)Cc1ccccc1C. The first-order chi connectivity index (χ1) is 8.54. The number of likely N-dealkylation sites (N-methyl/N-ethyl adjacent to an activating group) is 1. The first-order valence-corrected chi connectivity index (χ1v) is 7.02. The lowest BCUT2D eigenvalue weighted by Crippen LogP contribution is -2.40. The highest BCUT2D eigenvalue weighted by Crippen LogP contribution is 2.11. The Bertz CT molecular complexity index is 349. The summed E-state index contributed by atoms with van der Waals surface area (Å²) in [5.41, 5.74) is 2.81. The van der Waals surface area contributed by atoms with Gasteiger partial charge < -0.3 is 5.32 Å². The number of nitrogens with one attached hydrogen (secondary N) is 1. The van der Waals surface area contributed by atoms with Gasteiger partial charge in [0.25, 0.3) is 0 Å². The van der Waals surface area contributed by atoms with Crippen molar-refractivity contribution in [3.63, 3.8) is 0 Å². The normalized spacial score (nSPS) is 14.8. The van der Waals surface area contributed by atoms with Crippen LogP contribution in [0.15, 0.2) is 24.3 Å². The molecule has 0 bridgehead atoms. The number of nitrogens with zero attached hydrogens (tertiary/aromatic N) is 1. The van der Waals surface area contributed by atoms with Crippen LogP contribution in [0.3, 0.4) is 0 Å². The van der Waals surface area contributed by atoms with Crippen molar-refractivity contribution in [1.82, 2.24) is 10.2 Å². The third-order valence-electron chi connectivity index (χ3n) is 3.81. The van der Waals surface area contributed by atoms with Crippen molar-refractivity contribution < 1.29 is 0 Å². The van der Waals surface area contributed by atoms with Gasteiger partial charge in [0.05, 0.1) is 0 Å². The third kappa shape index (κ3) is 4.79. The predicted molar refractivity (Wildman–Crippen MR) is 79.9 cm³/mol. The lowest BCUT2D eigenvalue weighted by Gasteiger charge is -2.27. The molecular formula is C16H28N2. The molecule has 1 aromatic carbocycles. The average molecular weight is 248 g/mol. The van der Waals surface area contributed by atoms with Crippen molar-refractivity contribution >= 4 is 0 Å². The Balaban J connectivity index is 2.45. The minimum atomic E-state index is 0.554. The smallest absolute Gasteiger partial charge is 0.0236 e. The van der Waals surface area contributed by atoms with Gasteiger partial charge in [-0.2, -0.15) is 0 Å². The number of rotatable bonds is 7. The lowest BCUT2D eigenvalue weighted by atomic mass is 10.1. The van der Waals surface area contributed by atoms with Crippen LogP contribution in [0.5, 0.6) is 0 Å². The zero-order valence-electron chi connectivity index (χ0n) is 12.5. The molecule has 0 saturated carbocycles. The summed E-state index contributed by atoms with van der Waals surface area (Å²) in [5, 5.41) is 3.57. The lowest BCUT2D eigenvalue weighted by molar-refractivity contribution is 0.237. The highest BCUT2D eigenvalue weighted by Gasteiger charge is 2.11. The highest BCUT2D eigenvalue weighted by atomic mass is 15.1. The van der Waals surface area contributed by atoms with Gasteiger partial charge in [0, 0.05) is 25.2 Å². The van der Waals surface area contributed by atoms with Gasteiger partial charge in [0.15, 0.2) is 0 Å². The molecule has 1 N–H and O–H groups in total. The van der Waals surface area contributed by atoms with E-state index in [4.69, 9.17) is 0 Å². The van der Waals surface area contributed by atoms with E-state index in [2.05, 4.69) is 69.2 Å². The summed E-state index contributed by atoms with van der Waals surface area (Å²) in [6, 6.07) is 9.80. The van der Waals surface area contributed by atoms with E-state index in [0.29, 0.717) is 12.1 Å². The second-order valence-electron chi connectivity index (χ2n) is 5.41. The molecule has 2 atom stereocenters. The van der Waals surface area contributed by atoms with Crippen LogP contribution in [0.1, 0.15) is 38.3 Å². The van der Waals surface area contributed by atoms with Crippen LogP contribution < -0.4 is 5.32 Å². The van der Waals surface area contributed by atoms with Crippen molar-refractivity contribution in [3.05, 3.63) is 35.4 Å². The van der Waals surface area contributed by atoms with Crippen molar-refractivity contribution in [1.29, 1.82) is 0 Å². The van der Waals surface area contributed by atoms with Crippen LogP contribution in [0.4, 0.5) is 0 Å². The Kier molecular flexibility index (Phi) is 6.37. The molecule has 18 heavy (non-hydrogen) atoms. The van der Waals surface area contributed by atoms with Gasteiger partial charge in [-0.05, 0) is 45.4 Å². The van der Waals surface area contributed by atoms with E-state index >= 15 is 0 Å². The van der Waals surface area contributed by atoms with Gasteiger partial charge in [-0.25, -0.2) is 0 Å². The van der Waals surface area contributed by atoms with Crippen LogP contribution >= 0.6 is 0 Å². The fraction of sp³-hybridized carbons (Fsp3) is 0.625.